The first-order chi connectivity index (χ1) is 10.2. The highest BCUT2D eigenvalue weighted by molar-refractivity contribution is 5.02. The molecule has 1 aromatic rings. The minimum absolute atomic E-state index is 0.0534. The summed E-state index contributed by atoms with van der Waals surface area (Å²) in [7, 11) is 3.88. The van der Waals surface area contributed by atoms with Crippen molar-refractivity contribution in [2.45, 2.75) is 31.8 Å². The average molecular weight is 314 g/mol. The maximum absolute atomic E-state index is 11.9. The number of aromatic amines is 1. The minimum Gasteiger partial charge on any atom is -0.391 e. The van der Waals surface area contributed by atoms with Crippen LogP contribution in [-0.2, 0) is 4.74 Å². The first kappa shape index (κ1) is 16.9. The van der Waals surface area contributed by atoms with E-state index in [4.69, 9.17) is 9.84 Å². The largest absolute Gasteiger partial charge is 0.391 e. The van der Waals surface area contributed by atoms with E-state index in [-0.39, 0.29) is 13.0 Å². The molecule has 0 bridgehead atoms. The minimum atomic E-state index is -0.694. The number of aliphatic hydroxyl groups excluding tert-OH is 2. The first-order valence-corrected chi connectivity index (χ1v) is 7.32. The summed E-state index contributed by atoms with van der Waals surface area (Å²) in [5.41, 5.74) is -0.549. The fourth-order valence-corrected chi connectivity index (χ4v) is 2.70. The molecule has 0 aliphatic carbocycles. The molecule has 8 heteroatoms. The number of H-pyrrole nitrogens is 1. The second-order valence-electron chi connectivity index (χ2n) is 6.48. The molecule has 1 unspecified atom stereocenters. The van der Waals surface area contributed by atoms with Gasteiger partial charge in [-0.1, -0.05) is 0 Å². The van der Waals surface area contributed by atoms with E-state index in [2.05, 4.69) is 4.98 Å². The van der Waals surface area contributed by atoms with Crippen LogP contribution in [0.3, 0.4) is 0 Å². The van der Waals surface area contributed by atoms with Crippen molar-refractivity contribution < 1.29 is 19.4 Å². The standard InChI is InChI=1S/C14H23N3O5/c1-9-7-16(14(21)15-13(9)20)12-6-10(19)11(22-12)8-17(2,3)4-5-18/h7,10-12,18-19H,4-6,8H2,1-3H3/p+1/t10?,11-,12-/m1/s1. The third-order valence-corrected chi connectivity index (χ3v) is 4.04. The summed E-state index contributed by atoms with van der Waals surface area (Å²) in [6.07, 6.45) is 0.0206. The van der Waals surface area contributed by atoms with Gasteiger partial charge in [-0.3, -0.25) is 14.3 Å². The zero-order valence-corrected chi connectivity index (χ0v) is 13.2. The maximum Gasteiger partial charge on any atom is 0.330 e. The first-order valence-electron chi connectivity index (χ1n) is 7.32. The van der Waals surface area contributed by atoms with Crippen LogP contribution >= 0.6 is 0 Å². The third kappa shape index (κ3) is 3.64. The second-order valence-corrected chi connectivity index (χ2v) is 6.48. The molecular weight excluding hydrogens is 290 g/mol. The van der Waals surface area contributed by atoms with Crippen molar-refractivity contribution in [2.75, 3.05) is 33.8 Å². The Morgan fingerprint density at radius 1 is 1.45 bits per heavy atom. The van der Waals surface area contributed by atoms with E-state index in [0.717, 1.165) is 0 Å². The number of aryl methyl sites for hydroxylation is 1. The molecular formula is C14H24N3O5+. The van der Waals surface area contributed by atoms with Gasteiger partial charge in [0.25, 0.3) is 5.56 Å². The van der Waals surface area contributed by atoms with Crippen molar-refractivity contribution in [3.63, 3.8) is 0 Å². The molecule has 8 nitrogen and oxygen atoms in total. The fraction of sp³-hybridized carbons (Fsp3) is 0.714. The number of aromatic nitrogens is 2. The fourth-order valence-electron chi connectivity index (χ4n) is 2.70. The van der Waals surface area contributed by atoms with Gasteiger partial charge in [0.1, 0.15) is 25.4 Å². The number of nitrogens with one attached hydrogen (secondary N) is 1. The van der Waals surface area contributed by atoms with Gasteiger partial charge < -0.3 is 19.4 Å². The summed E-state index contributed by atoms with van der Waals surface area (Å²) in [6, 6.07) is 0. The number of hydrogen-bond acceptors (Lipinski definition) is 5. The van der Waals surface area contributed by atoms with Gasteiger partial charge in [0.15, 0.2) is 0 Å². The molecule has 124 valence electrons. The predicted molar refractivity (Wildman–Crippen MR) is 79.5 cm³/mol. The van der Waals surface area contributed by atoms with Crippen molar-refractivity contribution in [1.82, 2.24) is 9.55 Å². The van der Waals surface area contributed by atoms with Crippen molar-refractivity contribution in [3.8, 4) is 0 Å². The Hall–Kier alpha value is -1.48. The quantitative estimate of drug-likeness (QED) is 0.578. The van der Waals surface area contributed by atoms with Crippen molar-refractivity contribution in [1.29, 1.82) is 0 Å². The van der Waals surface area contributed by atoms with Gasteiger partial charge in [0, 0.05) is 18.2 Å². The normalized spacial score (nSPS) is 25.6. The summed E-state index contributed by atoms with van der Waals surface area (Å²) in [5.74, 6) is 0. The van der Waals surface area contributed by atoms with E-state index in [0.29, 0.717) is 23.1 Å². The molecule has 1 saturated heterocycles. The lowest BCUT2D eigenvalue weighted by Gasteiger charge is -2.32. The van der Waals surface area contributed by atoms with Gasteiger partial charge in [-0.2, -0.15) is 0 Å². The molecule has 0 saturated carbocycles. The number of rotatable bonds is 5. The topological polar surface area (TPSA) is 105 Å². The number of likely N-dealkylation sites (N-methyl/N-ethyl adjacent to an activating group) is 1. The van der Waals surface area contributed by atoms with Crippen LogP contribution in [-0.4, -0.2) is 70.2 Å². The summed E-state index contributed by atoms with van der Waals surface area (Å²) in [4.78, 5) is 25.5. The lowest BCUT2D eigenvalue weighted by atomic mass is 10.1. The van der Waals surface area contributed by atoms with E-state index < -0.39 is 29.7 Å². The third-order valence-electron chi connectivity index (χ3n) is 4.04. The van der Waals surface area contributed by atoms with Gasteiger partial charge in [0.05, 0.1) is 26.8 Å². The van der Waals surface area contributed by atoms with Crippen molar-refractivity contribution in [3.05, 3.63) is 32.6 Å². The number of quaternary nitrogens is 1. The summed E-state index contributed by atoms with van der Waals surface area (Å²) >= 11 is 0. The van der Waals surface area contributed by atoms with Crippen molar-refractivity contribution in [2.24, 2.45) is 0 Å². The molecule has 0 aromatic carbocycles. The van der Waals surface area contributed by atoms with Crippen LogP contribution in [0.2, 0.25) is 0 Å². The molecule has 0 spiro atoms. The Morgan fingerprint density at radius 2 is 2.14 bits per heavy atom. The van der Waals surface area contributed by atoms with Crippen molar-refractivity contribution >= 4 is 0 Å². The summed E-state index contributed by atoms with van der Waals surface area (Å²) in [5, 5.41) is 19.2. The highest BCUT2D eigenvalue weighted by Crippen LogP contribution is 2.28. The molecule has 1 aromatic heterocycles. The Balaban J connectivity index is 2.16. The summed E-state index contributed by atoms with van der Waals surface area (Å²) in [6.45, 7) is 2.74. The zero-order valence-electron chi connectivity index (χ0n) is 13.2. The Morgan fingerprint density at radius 3 is 2.77 bits per heavy atom. The van der Waals surface area contributed by atoms with Gasteiger partial charge in [0.2, 0.25) is 0 Å². The van der Waals surface area contributed by atoms with E-state index in [1.54, 1.807) is 6.92 Å². The molecule has 22 heavy (non-hydrogen) atoms. The molecule has 1 aliphatic rings. The summed E-state index contributed by atoms with van der Waals surface area (Å²) < 4.78 is 7.63. The van der Waals surface area contributed by atoms with Crippen LogP contribution in [0.5, 0.6) is 0 Å². The smallest absolute Gasteiger partial charge is 0.330 e. The highest BCUT2D eigenvalue weighted by atomic mass is 16.5. The number of ether oxygens (including phenoxy) is 1. The Bertz CT molecular complexity index is 636. The molecule has 1 aliphatic heterocycles. The van der Waals surface area contributed by atoms with Crippen LogP contribution in [0.15, 0.2) is 15.8 Å². The second kappa shape index (κ2) is 6.33. The molecule has 2 heterocycles. The van der Waals surface area contributed by atoms with E-state index in [9.17, 15) is 14.7 Å². The molecule has 3 atom stereocenters. The molecule has 2 rings (SSSR count). The van der Waals surface area contributed by atoms with Crippen LogP contribution in [0.4, 0.5) is 0 Å². The van der Waals surface area contributed by atoms with E-state index >= 15 is 0 Å². The van der Waals surface area contributed by atoms with Crippen LogP contribution < -0.4 is 11.2 Å². The Kier molecular flexibility index (Phi) is 4.86. The van der Waals surface area contributed by atoms with Gasteiger partial charge >= 0.3 is 5.69 Å². The van der Waals surface area contributed by atoms with Gasteiger partial charge in [-0.05, 0) is 6.92 Å². The molecule has 1 fully saturated rings. The van der Waals surface area contributed by atoms with E-state index in [1.165, 1.54) is 10.8 Å². The number of hydrogen-bond donors (Lipinski definition) is 3. The number of aliphatic hydroxyl groups is 2. The predicted octanol–water partition coefficient (Wildman–Crippen LogP) is -1.44. The molecule has 3 N–H and O–H groups in total. The van der Waals surface area contributed by atoms with E-state index in [1.807, 2.05) is 14.1 Å². The van der Waals surface area contributed by atoms with Crippen LogP contribution in [0, 0.1) is 6.92 Å². The monoisotopic (exact) mass is 314 g/mol. The molecule has 0 radical (unpaired) electrons. The highest BCUT2D eigenvalue weighted by Gasteiger charge is 2.39. The van der Waals surface area contributed by atoms with Crippen LogP contribution in [0.1, 0.15) is 18.2 Å². The lowest BCUT2D eigenvalue weighted by molar-refractivity contribution is -0.894. The Labute approximate surface area is 128 Å². The maximum atomic E-state index is 11.9. The van der Waals surface area contributed by atoms with Crippen LogP contribution in [0.25, 0.3) is 0 Å². The number of nitrogens with zero attached hydrogens (tertiary/aromatic N) is 2. The zero-order chi connectivity index (χ0) is 16.5. The lowest BCUT2D eigenvalue weighted by Crippen LogP contribution is -2.49. The average Bonchev–Trinajstić information content (AvgIpc) is 2.74. The van der Waals surface area contributed by atoms with Gasteiger partial charge in [-0.25, -0.2) is 4.79 Å². The molecule has 0 amide bonds. The van der Waals surface area contributed by atoms with Gasteiger partial charge in [-0.15, -0.1) is 0 Å². The SMILES string of the molecule is Cc1cn([C@H]2CC(O)[C@@H](C[N+](C)(C)CCO)O2)c(=O)[nH]c1=O.